The van der Waals surface area contributed by atoms with Gasteiger partial charge in [-0.3, -0.25) is 0 Å². The second-order valence-corrected chi connectivity index (χ2v) is 7.26. The van der Waals surface area contributed by atoms with Crippen molar-refractivity contribution in [2.45, 2.75) is 69.9 Å². The smallest absolute Gasteiger partial charge is 0.0107 e. The van der Waals surface area contributed by atoms with Crippen LogP contribution in [-0.2, 0) is 0 Å². The van der Waals surface area contributed by atoms with Gasteiger partial charge < -0.3 is 15.5 Å². The van der Waals surface area contributed by atoms with Crippen LogP contribution in [-0.4, -0.2) is 49.7 Å². The maximum atomic E-state index is 3.78. The number of likely N-dealkylation sites (tertiary alicyclic amines) is 1. The van der Waals surface area contributed by atoms with Crippen molar-refractivity contribution in [2.75, 3.05) is 32.7 Å². The largest absolute Gasteiger partial charge is 0.314 e. The summed E-state index contributed by atoms with van der Waals surface area (Å²) in [4.78, 5) is 2.68. The number of hydrogen-bond donors (Lipinski definition) is 2. The van der Waals surface area contributed by atoms with E-state index in [-0.39, 0.29) is 0 Å². The van der Waals surface area contributed by atoms with Gasteiger partial charge in [0.2, 0.25) is 0 Å². The van der Waals surface area contributed by atoms with Crippen molar-refractivity contribution in [2.24, 2.45) is 5.92 Å². The lowest BCUT2D eigenvalue weighted by Crippen LogP contribution is -2.37. The summed E-state index contributed by atoms with van der Waals surface area (Å²) < 4.78 is 0. The predicted octanol–water partition coefficient (Wildman–Crippen LogP) is 2.37. The number of nitrogens with one attached hydrogen (secondary N) is 2. The van der Waals surface area contributed by atoms with Crippen LogP contribution in [0.4, 0.5) is 0 Å². The topological polar surface area (TPSA) is 27.3 Å². The van der Waals surface area contributed by atoms with Crippen LogP contribution in [0.3, 0.4) is 0 Å². The average molecular weight is 279 g/mol. The van der Waals surface area contributed by atoms with Crippen molar-refractivity contribution >= 4 is 0 Å². The normalized spacial score (nSPS) is 29.1. The molecular formula is C17H33N3. The van der Waals surface area contributed by atoms with E-state index in [0.717, 1.165) is 18.0 Å². The Morgan fingerprint density at radius 2 is 1.55 bits per heavy atom. The summed E-state index contributed by atoms with van der Waals surface area (Å²) in [7, 11) is 0. The van der Waals surface area contributed by atoms with Gasteiger partial charge in [0.1, 0.15) is 0 Å². The molecule has 0 radical (unpaired) electrons. The second kappa shape index (κ2) is 7.77. The van der Waals surface area contributed by atoms with Gasteiger partial charge in [-0.25, -0.2) is 0 Å². The first-order valence-corrected chi connectivity index (χ1v) is 9.09. The highest BCUT2D eigenvalue weighted by molar-refractivity contribution is 4.82. The Bertz CT molecular complexity index is 271. The van der Waals surface area contributed by atoms with E-state index in [4.69, 9.17) is 0 Å². The Kier molecular flexibility index (Phi) is 5.75. The minimum absolute atomic E-state index is 0.824. The third kappa shape index (κ3) is 5.01. The molecular weight excluding hydrogens is 246 g/mol. The number of hydrogen-bond acceptors (Lipinski definition) is 3. The molecule has 1 saturated heterocycles. The first-order valence-electron chi connectivity index (χ1n) is 9.09. The van der Waals surface area contributed by atoms with Crippen LogP contribution in [0.5, 0.6) is 0 Å². The van der Waals surface area contributed by atoms with Crippen LogP contribution in [0, 0.1) is 5.92 Å². The first-order chi connectivity index (χ1) is 9.90. The quantitative estimate of drug-likeness (QED) is 0.714. The molecule has 0 amide bonds. The lowest BCUT2D eigenvalue weighted by Gasteiger charge is -2.24. The summed E-state index contributed by atoms with van der Waals surface area (Å²) in [5, 5.41) is 7.43. The van der Waals surface area contributed by atoms with Crippen molar-refractivity contribution < 1.29 is 0 Å². The summed E-state index contributed by atoms with van der Waals surface area (Å²) in [5.74, 6) is 0.955. The molecule has 1 unspecified atom stereocenters. The summed E-state index contributed by atoms with van der Waals surface area (Å²) in [6.07, 6.45) is 12.8. The Balaban J connectivity index is 1.21. The van der Waals surface area contributed by atoms with Gasteiger partial charge in [-0.2, -0.15) is 0 Å². The van der Waals surface area contributed by atoms with E-state index >= 15 is 0 Å². The van der Waals surface area contributed by atoms with Crippen molar-refractivity contribution in [3.8, 4) is 0 Å². The van der Waals surface area contributed by atoms with Gasteiger partial charge >= 0.3 is 0 Å². The van der Waals surface area contributed by atoms with E-state index < -0.39 is 0 Å². The average Bonchev–Trinajstić information content (AvgIpc) is 3.19. The SMILES string of the molecule is C1CCC(NCCN2CCC(CCNC3CC3)C2)CC1. The molecule has 3 fully saturated rings. The molecule has 2 aliphatic carbocycles. The van der Waals surface area contributed by atoms with E-state index in [1.165, 1.54) is 90.5 Å². The van der Waals surface area contributed by atoms with Crippen LogP contribution >= 0.6 is 0 Å². The van der Waals surface area contributed by atoms with Gasteiger partial charge in [0.25, 0.3) is 0 Å². The molecule has 3 aliphatic rings. The van der Waals surface area contributed by atoms with Gasteiger partial charge in [-0.15, -0.1) is 0 Å². The minimum Gasteiger partial charge on any atom is -0.314 e. The molecule has 116 valence electrons. The maximum Gasteiger partial charge on any atom is 0.0107 e. The van der Waals surface area contributed by atoms with E-state index in [2.05, 4.69) is 15.5 Å². The van der Waals surface area contributed by atoms with Gasteiger partial charge in [-0.1, -0.05) is 19.3 Å². The summed E-state index contributed by atoms with van der Waals surface area (Å²) in [5.41, 5.74) is 0. The number of rotatable bonds is 8. The minimum atomic E-state index is 0.824. The maximum absolute atomic E-state index is 3.78. The molecule has 2 N–H and O–H groups in total. The van der Waals surface area contributed by atoms with Crippen LogP contribution in [0.2, 0.25) is 0 Å². The van der Waals surface area contributed by atoms with Crippen LogP contribution in [0.15, 0.2) is 0 Å². The third-order valence-electron chi connectivity index (χ3n) is 5.40. The molecule has 1 aliphatic heterocycles. The lowest BCUT2D eigenvalue weighted by molar-refractivity contribution is 0.297. The Morgan fingerprint density at radius 1 is 0.800 bits per heavy atom. The van der Waals surface area contributed by atoms with Gasteiger partial charge in [0.05, 0.1) is 0 Å². The zero-order valence-corrected chi connectivity index (χ0v) is 13.1. The van der Waals surface area contributed by atoms with Crippen molar-refractivity contribution in [3.05, 3.63) is 0 Å². The predicted molar refractivity (Wildman–Crippen MR) is 85.1 cm³/mol. The fourth-order valence-corrected chi connectivity index (χ4v) is 3.86. The molecule has 3 rings (SSSR count). The molecule has 0 aromatic heterocycles. The Hall–Kier alpha value is -0.120. The van der Waals surface area contributed by atoms with E-state index in [0.29, 0.717) is 0 Å². The van der Waals surface area contributed by atoms with Crippen LogP contribution in [0.1, 0.15) is 57.8 Å². The van der Waals surface area contributed by atoms with E-state index in [1.807, 2.05) is 0 Å². The van der Waals surface area contributed by atoms with Crippen LogP contribution in [0.25, 0.3) is 0 Å². The Labute approximate surface area is 124 Å². The van der Waals surface area contributed by atoms with Gasteiger partial charge in [-0.05, 0) is 57.5 Å². The molecule has 1 atom stereocenters. The Morgan fingerprint density at radius 3 is 2.35 bits per heavy atom. The summed E-state index contributed by atoms with van der Waals surface area (Å²) in [6.45, 7) is 6.41. The van der Waals surface area contributed by atoms with Crippen LogP contribution < -0.4 is 10.6 Å². The summed E-state index contributed by atoms with van der Waals surface area (Å²) in [6, 6.07) is 1.71. The highest BCUT2D eigenvalue weighted by Gasteiger charge is 2.24. The highest BCUT2D eigenvalue weighted by atomic mass is 15.2. The number of nitrogens with zero attached hydrogens (tertiary/aromatic N) is 1. The molecule has 0 aromatic carbocycles. The summed E-state index contributed by atoms with van der Waals surface area (Å²) >= 11 is 0. The molecule has 0 bridgehead atoms. The molecule has 2 saturated carbocycles. The van der Waals surface area contributed by atoms with E-state index in [1.54, 1.807) is 0 Å². The van der Waals surface area contributed by atoms with Gasteiger partial charge in [0.15, 0.2) is 0 Å². The lowest BCUT2D eigenvalue weighted by atomic mass is 9.95. The molecule has 0 spiro atoms. The van der Waals surface area contributed by atoms with Crippen molar-refractivity contribution in [1.82, 2.24) is 15.5 Å². The molecule has 3 heteroatoms. The molecule has 20 heavy (non-hydrogen) atoms. The fourth-order valence-electron chi connectivity index (χ4n) is 3.86. The zero-order chi connectivity index (χ0) is 13.6. The van der Waals surface area contributed by atoms with Crippen molar-refractivity contribution in [1.29, 1.82) is 0 Å². The molecule has 0 aromatic rings. The first kappa shape index (κ1) is 14.8. The standard InChI is InChI=1S/C17H33N3/c1-2-4-16(5-3-1)19-11-13-20-12-9-15(14-20)8-10-18-17-6-7-17/h15-19H,1-14H2. The van der Waals surface area contributed by atoms with Gasteiger partial charge in [0, 0.05) is 31.7 Å². The van der Waals surface area contributed by atoms with Crippen molar-refractivity contribution in [3.63, 3.8) is 0 Å². The fraction of sp³-hybridized carbons (Fsp3) is 1.00. The monoisotopic (exact) mass is 279 g/mol. The zero-order valence-electron chi connectivity index (χ0n) is 13.1. The second-order valence-electron chi connectivity index (χ2n) is 7.26. The molecule has 1 heterocycles. The molecule has 3 nitrogen and oxygen atoms in total. The third-order valence-corrected chi connectivity index (χ3v) is 5.40. The van der Waals surface area contributed by atoms with E-state index in [9.17, 15) is 0 Å². The highest BCUT2D eigenvalue weighted by Crippen LogP contribution is 2.22.